The Morgan fingerprint density at radius 2 is 1.79 bits per heavy atom. The minimum Gasteiger partial charge on any atom is -0.261 e. The van der Waals surface area contributed by atoms with Gasteiger partial charge in [0, 0.05) is 17.5 Å². The van der Waals surface area contributed by atoms with Gasteiger partial charge in [-0.1, -0.05) is 56.5 Å². The van der Waals surface area contributed by atoms with Crippen LogP contribution in [-0.4, -0.2) is 4.98 Å². The second kappa shape index (κ2) is 7.08. The Hall–Kier alpha value is -1.63. The molecule has 0 spiro atoms. The summed E-state index contributed by atoms with van der Waals surface area (Å²) in [5.41, 5.74) is 5.01. The van der Waals surface area contributed by atoms with Crippen molar-refractivity contribution in [1.29, 1.82) is 0 Å². The highest BCUT2D eigenvalue weighted by Crippen LogP contribution is 2.23. The zero-order valence-electron chi connectivity index (χ0n) is 12.0. The third kappa shape index (κ3) is 3.92. The molecule has 19 heavy (non-hydrogen) atoms. The summed E-state index contributed by atoms with van der Waals surface area (Å²) in [6, 6.07) is 12.9. The number of rotatable bonds is 6. The topological polar surface area (TPSA) is 12.9 Å². The minimum absolute atomic E-state index is 1.11. The first-order valence-corrected chi connectivity index (χ1v) is 7.32. The van der Waals surface area contributed by atoms with Crippen LogP contribution >= 0.6 is 0 Å². The lowest BCUT2D eigenvalue weighted by atomic mass is 10.0. The summed E-state index contributed by atoms with van der Waals surface area (Å²) in [6.45, 7) is 4.34. The summed E-state index contributed by atoms with van der Waals surface area (Å²) in [4.78, 5) is 4.55. The fourth-order valence-electron chi connectivity index (χ4n) is 2.38. The number of unbranched alkanes of at least 4 members (excludes halogenated alkanes) is 3. The van der Waals surface area contributed by atoms with E-state index in [2.05, 4.69) is 55.2 Å². The van der Waals surface area contributed by atoms with Crippen molar-refractivity contribution in [1.82, 2.24) is 4.98 Å². The molecule has 0 aliphatic rings. The number of nitrogens with zero attached hydrogens (tertiary/aromatic N) is 1. The summed E-state index contributed by atoms with van der Waals surface area (Å²) in [6.07, 6.45) is 8.41. The van der Waals surface area contributed by atoms with Gasteiger partial charge in [-0.3, -0.25) is 4.98 Å². The maximum atomic E-state index is 4.55. The molecule has 1 heteroatoms. The van der Waals surface area contributed by atoms with Crippen molar-refractivity contribution in [2.45, 2.75) is 46.0 Å². The molecule has 2 aromatic rings. The molecule has 0 atom stereocenters. The summed E-state index contributed by atoms with van der Waals surface area (Å²) < 4.78 is 0. The van der Waals surface area contributed by atoms with Crippen molar-refractivity contribution in [3.05, 3.63) is 53.9 Å². The number of aromatic nitrogens is 1. The fourth-order valence-corrected chi connectivity index (χ4v) is 2.38. The number of benzene rings is 1. The molecule has 0 N–H and O–H groups in total. The van der Waals surface area contributed by atoms with Gasteiger partial charge in [-0.2, -0.15) is 0 Å². The monoisotopic (exact) mass is 253 g/mol. The van der Waals surface area contributed by atoms with Crippen LogP contribution in [0.25, 0.3) is 11.1 Å². The molecule has 1 aromatic carbocycles. The first-order valence-electron chi connectivity index (χ1n) is 7.32. The van der Waals surface area contributed by atoms with E-state index >= 15 is 0 Å². The molecule has 0 amide bonds. The smallest absolute Gasteiger partial charge is 0.0451 e. The SMILES string of the molecule is CCCCCCc1cnc(C)c(-c2ccccc2)c1. The molecule has 0 aliphatic carbocycles. The quantitative estimate of drug-likeness (QED) is 0.646. The molecule has 0 saturated heterocycles. The Balaban J connectivity index is 2.11. The molecule has 1 aromatic heterocycles. The lowest BCUT2D eigenvalue weighted by Crippen LogP contribution is -1.93. The lowest BCUT2D eigenvalue weighted by molar-refractivity contribution is 0.666. The zero-order chi connectivity index (χ0) is 13.5. The maximum absolute atomic E-state index is 4.55. The molecule has 0 saturated carbocycles. The van der Waals surface area contributed by atoms with Crippen molar-refractivity contribution in [2.75, 3.05) is 0 Å². The zero-order valence-corrected chi connectivity index (χ0v) is 12.0. The van der Waals surface area contributed by atoms with Crippen LogP contribution in [0.5, 0.6) is 0 Å². The van der Waals surface area contributed by atoms with Crippen molar-refractivity contribution in [3.63, 3.8) is 0 Å². The molecule has 0 aliphatic heterocycles. The van der Waals surface area contributed by atoms with Crippen molar-refractivity contribution < 1.29 is 0 Å². The first kappa shape index (κ1) is 13.8. The molecular weight excluding hydrogens is 230 g/mol. The normalized spacial score (nSPS) is 10.6. The summed E-state index contributed by atoms with van der Waals surface area (Å²) in [5.74, 6) is 0. The van der Waals surface area contributed by atoms with Crippen LogP contribution in [-0.2, 0) is 6.42 Å². The molecule has 0 bridgehead atoms. The van der Waals surface area contributed by atoms with E-state index in [-0.39, 0.29) is 0 Å². The van der Waals surface area contributed by atoms with Crippen LogP contribution in [0.2, 0.25) is 0 Å². The van der Waals surface area contributed by atoms with Gasteiger partial charge in [-0.15, -0.1) is 0 Å². The summed E-state index contributed by atoms with van der Waals surface area (Å²) in [7, 11) is 0. The van der Waals surface area contributed by atoms with E-state index in [9.17, 15) is 0 Å². The largest absolute Gasteiger partial charge is 0.261 e. The van der Waals surface area contributed by atoms with E-state index < -0.39 is 0 Å². The predicted octanol–water partition coefficient (Wildman–Crippen LogP) is 5.18. The van der Waals surface area contributed by atoms with Crippen LogP contribution in [0, 0.1) is 6.92 Å². The van der Waals surface area contributed by atoms with Crippen LogP contribution in [0.4, 0.5) is 0 Å². The van der Waals surface area contributed by atoms with E-state index in [4.69, 9.17) is 0 Å². The molecule has 100 valence electrons. The standard InChI is InChI=1S/C18H23N/c1-3-4-5-7-10-16-13-18(15(2)19-14-16)17-11-8-6-9-12-17/h6,8-9,11-14H,3-5,7,10H2,1-2H3. The van der Waals surface area contributed by atoms with E-state index in [1.165, 1.54) is 42.4 Å². The van der Waals surface area contributed by atoms with E-state index in [1.807, 2.05) is 6.20 Å². The Morgan fingerprint density at radius 1 is 1.00 bits per heavy atom. The summed E-state index contributed by atoms with van der Waals surface area (Å²) in [5, 5.41) is 0. The Kier molecular flexibility index (Phi) is 5.14. The molecule has 1 nitrogen and oxygen atoms in total. The fraction of sp³-hybridized carbons (Fsp3) is 0.389. The number of aryl methyl sites for hydroxylation is 2. The van der Waals surface area contributed by atoms with Gasteiger partial charge in [0.1, 0.15) is 0 Å². The van der Waals surface area contributed by atoms with Crippen LogP contribution in [0.1, 0.15) is 43.9 Å². The maximum Gasteiger partial charge on any atom is 0.0451 e. The molecule has 1 heterocycles. The minimum atomic E-state index is 1.11. The van der Waals surface area contributed by atoms with Crippen LogP contribution < -0.4 is 0 Å². The van der Waals surface area contributed by atoms with Gasteiger partial charge in [0.15, 0.2) is 0 Å². The van der Waals surface area contributed by atoms with Crippen molar-refractivity contribution >= 4 is 0 Å². The van der Waals surface area contributed by atoms with Gasteiger partial charge >= 0.3 is 0 Å². The third-order valence-electron chi connectivity index (χ3n) is 3.55. The van der Waals surface area contributed by atoms with E-state index in [0.717, 1.165) is 12.1 Å². The molecule has 0 radical (unpaired) electrons. The predicted molar refractivity (Wildman–Crippen MR) is 82.3 cm³/mol. The average Bonchev–Trinajstić information content (AvgIpc) is 2.46. The third-order valence-corrected chi connectivity index (χ3v) is 3.55. The second-order valence-electron chi connectivity index (χ2n) is 5.15. The van der Waals surface area contributed by atoms with Crippen molar-refractivity contribution in [2.24, 2.45) is 0 Å². The Bertz CT molecular complexity index is 502. The van der Waals surface area contributed by atoms with Gasteiger partial charge in [-0.05, 0) is 37.0 Å². The number of hydrogen-bond donors (Lipinski definition) is 0. The van der Waals surface area contributed by atoms with Crippen LogP contribution in [0.15, 0.2) is 42.6 Å². The van der Waals surface area contributed by atoms with Gasteiger partial charge in [-0.25, -0.2) is 0 Å². The van der Waals surface area contributed by atoms with E-state index in [0.29, 0.717) is 0 Å². The van der Waals surface area contributed by atoms with Gasteiger partial charge in [0.2, 0.25) is 0 Å². The lowest BCUT2D eigenvalue weighted by Gasteiger charge is -2.08. The average molecular weight is 253 g/mol. The highest BCUT2D eigenvalue weighted by Gasteiger charge is 2.04. The van der Waals surface area contributed by atoms with Gasteiger partial charge < -0.3 is 0 Å². The molecule has 0 fully saturated rings. The van der Waals surface area contributed by atoms with E-state index in [1.54, 1.807) is 0 Å². The highest BCUT2D eigenvalue weighted by atomic mass is 14.7. The number of pyridine rings is 1. The first-order chi connectivity index (χ1) is 9.31. The molecular formula is C18H23N. The number of hydrogen-bond acceptors (Lipinski definition) is 1. The van der Waals surface area contributed by atoms with Gasteiger partial charge in [0.25, 0.3) is 0 Å². The highest BCUT2D eigenvalue weighted by molar-refractivity contribution is 5.66. The van der Waals surface area contributed by atoms with Crippen LogP contribution in [0.3, 0.4) is 0 Å². The van der Waals surface area contributed by atoms with Gasteiger partial charge in [0.05, 0.1) is 0 Å². The Labute approximate surface area is 116 Å². The molecule has 2 rings (SSSR count). The second-order valence-corrected chi connectivity index (χ2v) is 5.15. The Morgan fingerprint density at radius 3 is 2.53 bits per heavy atom. The molecule has 0 unspecified atom stereocenters. The van der Waals surface area contributed by atoms with Crippen molar-refractivity contribution in [3.8, 4) is 11.1 Å². The summed E-state index contributed by atoms with van der Waals surface area (Å²) >= 11 is 0.